The SMILES string of the molecule is Cc1nc(-c2ccc3c(c2)OCCO3)sc1Br. The maximum atomic E-state index is 5.56. The number of nitrogens with zero attached hydrogens (tertiary/aromatic N) is 1. The average molecular weight is 312 g/mol. The molecule has 1 aliphatic rings. The highest BCUT2D eigenvalue weighted by molar-refractivity contribution is 9.11. The van der Waals surface area contributed by atoms with E-state index in [0.29, 0.717) is 13.2 Å². The van der Waals surface area contributed by atoms with Gasteiger partial charge in [0.05, 0.1) is 9.48 Å². The van der Waals surface area contributed by atoms with Crippen LogP contribution in [0.5, 0.6) is 11.5 Å². The molecule has 3 rings (SSSR count). The van der Waals surface area contributed by atoms with Crippen molar-refractivity contribution in [2.45, 2.75) is 6.92 Å². The minimum Gasteiger partial charge on any atom is -0.486 e. The Labute approximate surface area is 112 Å². The standard InChI is InChI=1S/C12H10BrNO2S/c1-7-11(13)17-12(14-7)8-2-3-9-10(6-8)16-5-4-15-9/h2-3,6H,4-5H2,1H3. The Balaban J connectivity index is 2.03. The lowest BCUT2D eigenvalue weighted by atomic mass is 10.2. The van der Waals surface area contributed by atoms with Crippen molar-refractivity contribution in [3.05, 3.63) is 27.7 Å². The highest BCUT2D eigenvalue weighted by Crippen LogP contribution is 2.37. The van der Waals surface area contributed by atoms with Crippen LogP contribution in [0, 0.1) is 6.92 Å². The highest BCUT2D eigenvalue weighted by Gasteiger charge is 2.14. The van der Waals surface area contributed by atoms with Crippen molar-refractivity contribution in [2.24, 2.45) is 0 Å². The zero-order valence-corrected chi connectivity index (χ0v) is 11.6. The number of ether oxygens (including phenoxy) is 2. The van der Waals surface area contributed by atoms with Crippen molar-refractivity contribution in [3.8, 4) is 22.1 Å². The molecule has 0 unspecified atom stereocenters. The third-order valence-electron chi connectivity index (χ3n) is 2.53. The lowest BCUT2D eigenvalue weighted by Gasteiger charge is -2.18. The molecule has 5 heteroatoms. The fourth-order valence-corrected chi connectivity index (χ4v) is 3.02. The predicted molar refractivity (Wildman–Crippen MR) is 71.0 cm³/mol. The van der Waals surface area contributed by atoms with E-state index in [1.807, 2.05) is 25.1 Å². The third kappa shape index (κ3) is 2.05. The number of rotatable bonds is 1. The van der Waals surface area contributed by atoms with E-state index in [9.17, 15) is 0 Å². The molecule has 0 N–H and O–H groups in total. The van der Waals surface area contributed by atoms with Crippen molar-refractivity contribution in [3.63, 3.8) is 0 Å². The zero-order valence-electron chi connectivity index (χ0n) is 9.20. The molecule has 2 aromatic rings. The number of benzene rings is 1. The van der Waals surface area contributed by atoms with Crippen LogP contribution in [0.15, 0.2) is 22.0 Å². The molecule has 88 valence electrons. The number of hydrogen-bond acceptors (Lipinski definition) is 4. The van der Waals surface area contributed by atoms with Gasteiger partial charge in [-0.3, -0.25) is 0 Å². The third-order valence-corrected chi connectivity index (χ3v) is 4.58. The van der Waals surface area contributed by atoms with Gasteiger partial charge in [0.15, 0.2) is 11.5 Å². The molecule has 1 aliphatic heterocycles. The van der Waals surface area contributed by atoms with Crippen LogP contribution in [0.1, 0.15) is 5.69 Å². The molecule has 17 heavy (non-hydrogen) atoms. The van der Waals surface area contributed by atoms with Gasteiger partial charge in [-0.2, -0.15) is 0 Å². The first-order valence-corrected chi connectivity index (χ1v) is 6.88. The normalized spacial score (nSPS) is 13.8. The van der Waals surface area contributed by atoms with E-state index in [1.165, 1.54) is 0 Å². The van der Waals surface area contributed by atoms with Crippen LogP contribution in [0.2, 0.25) is 0 Å². The molecule has 0 fully saturated rings. The fraction of sp³-hybridized carbons (Fsp3) is 0.250. The Kier molecular flexibility index (Phi) is 2.80. The van der Waals surface area contributed by atoms with Crippen LogP contribution >= 0.6 is 27.3 Å². The number of aryl methyl sites for hydroxylation is 1. The lowest BCUT2D eigenvalue weighted by Crippen LogP contribution is -2.15. The molecule has 0 amide bonds. The van der Waals surface area contributed by atoms with Gasteiger partial charge >= 0.3 is 0 Å². The van der Waals surface area contributed by atoms with E-state index < -0.39 is 0 Å². The monoisotopic (exact) mass is 311 g/mol. The first-order valence-electron chi connectivity index (χ1n) is 5.27. The van der Waals surface area contributed by atoms with Crippen LogP contribution in [-0.4, -0.2) is 18.2 Å². The van der Waals surface area contributed by atoms with E-state index in [2.05, 4.69) is 20.9 Å². The maximum absolute atomic E-state index is 5.56. The molecular weight excluding hydrogens is 302 g/mol. The molecule has 3 nitrogen and oxygen atoms in total. The van der Waals surface area contributed by atoms with Gasteiger partial charge in [-0.1, -0.05) is 0 Å². The quantitative estimate of drug-likeness (QED) is 0.805. The van der Waals surface area contributed by atoms with Crippen molar-refractivity contribution < 1.29 is 9.47 Å². The van der Waals surface area contributed by atoms with Crippen LogP contribution in [0.25, 0.3) is 10.6 Å². The van der Waals surface area contributed by atoms with Gasteiger partial charge in [0.1, 0.15) is 18.2 Å². The van der Waals surface area contributed by atoms with Gasteiger partial charge in [-0.05, 0) is 41.1 Å². The zero-order chi connectivity index (χ0) is 11.8. The van der Waals surface area contributed by atoms with Gasteiger partial charge < -0.3 is 9.47 Å². The summed E-state index contributed by atoms with van der Waals surface area (Å²) >= 11 is 5.12. The number of aromatic nitrogens is 1. The topological polar surface area (TPSA) is 31.4 Å². The van der Waals surface area contributed by atoms with Gasteiger partial charge in [0.2, 0.25) is 0 Å². The van der Waals surface area contributed by atoms with Crippen LogP contribution < -0.4 is 9.47 Å². The minimum atomic E-state index is 0.608. The van der Waals surface area contributed by atoms with E-state index in [0.717, 1.165) is 31.6 Å². The summed E-state index contributed by atoms with van der Waals surface area (Å²) in [4.78, 5) is 4.50. The number of thiazole rings is 1. The minimum absolute atomic E-state index is 0.608. The number of halogens is 1. The Morgan fingerprint density at radius 2 is 2.00 bits per heavy atom. The first-order chi connectivity index (χ1) is 8.24. The summed E-state index contributed by atoms with van der Waals surface area (Å²) < 4.78 is 12.1. The molecule has 0 radical (unpaired) electrons. The predicted octanol–water partition coefficient (Wildman–Crippen LogP) is 3.65. The Hall–Kier alpha value is -1.07. The molecule has 0 atom stereocenters. The summed E-state index contributed by atoms with van der Waals surface area (Å²) in [7, 11) is 0. The second-order valence-corrected chi connectivity index (χ2v) is 6.05. The van der Waals surface area contributed by atoms with Gasteiger partial charge in [0, 0.05) is 5.56 Å². The average Bonchev–Trinajstić information content (AvgIpc) is 2.69. The second kappa shape index (κ2) is 4.31. The van der Waals surface area contributed by atoms with Crippen LogP contribution in [-0.2, 0) is 0 Å². The van der Waals surface area contributed by atoms with Crippen molar-refractivity contribution in [1.29, 1.82) is 0 Å². The molecule has 0 bridgehead atoms. The summed E-state index contributed by atoms with van der Waals surface area (Å²) in [5.41, 5.74) is 2.08. The summed E-state index contributed by atoms with van der Waals surface area (Å²) in [6.07, 6.45) is 0. The van der Waals surface area contributed by atoms with Crippen LogP contribution in [0.4, 0.5) is 0 Å². The van der Waals surface area contributed by atoms with E-state index in [1.54, 1.807) is 11.3 Å². The summed E-state index contributed by atoms with van der Waals surface area (Å²) in [6, 6.07) is 5.94. The molecule has 0 spiro atoms. The molecule has 0 saturated heterocycles. The van der Waals surface area contributed by atoms with Gasteiger partial charge in [-0.25, -0.2) is 4.98 Å². The summed E-state index contributed by atoms with van der Waals surface area (Å²) in [6.45, 7) is 3.22. The molecule has 0 aliphatic carbocycles. The highest BCUT2D eigenvalue weighted by atomic mass is 79.9. The molecule has 1 aromatic heterocycles. The molecule has 0 saturated carbocycles. The van der Waals surface area contributed by atoms with Crippen molar-refractivity contribution in [2.75, 3.05) is 13.2 Å². The van der Waals surface area contributed by atoms with Crippen molar-refractivity contribution >= 4 is 27.3 Å². The van der Waals surface area contributed by atoms with E-state index >= 15 is 0 Å². The summed E-state index contributed by atoms with van der Waals surface area (Å²) in [5, 5.41) is 0.992. The number of fused-ring (bicyclic) bond motifs is 1. The number of hydrogen-bond donors (Lipinski definition) is 0. The van der Waals surface area contributed by atoms with Crippen LogP contribution in [0.3, 0.4) is 0 Å². The van der Waals surface area contributed by atoms with Gasteiger partial charge in [0.25, 0.3) is 0 Å². The molecule has 1 aromatic carbocycles. The Morgan fingerprint density at radius 1 is 1.24 bits per heavy atom. The lowest BCUT2D eigenvalue weighted by molar-refractivity contribution is 0.171. The largest absolute Gasteiger partial charge is 0.486 e. The molecular formula is C12H10BrNO2S. The Bertz CT molecular complexity index is 548. The fourth-order valence-electron chi connectivity index (χ4n) is 1.68. The Morgan fingerprint density at radius 3 is 2.71 bits per heavy atom. The maximum Gasteiger partial charge on any atom is 0.162 e. The summed E-state index contributed by atoms with van der Waals surface area (Å²) in [5.74, 6) is 1.62. The van der Waals surface area contributed by atoms with E-state index in [-0.39, 0.29) is 0 Å². The second-order valence-electron chi connectivity index (χ2n) is 3.74. The first kappa shape index (κ1) is 11.0. The molecule has 2 heterocycles. The van der Waals surface area contributed by atoms with E-state index in [4.69, 9.17) is 9.47 Å². The van der Waals surface area contributed by atoms with Crippen molar-refractivity contribution in [1.82, 2.24) is 4.98 Å². The smallest absolute Gasteiger partial charge is 0.162 e. The van der Waals surface area contributed by atoms with Gasteiger partial charge in [-0.15, -0.1) is 11.3 Å².